The summed E-state index contributed by atoms with van der Waals surface area (Å²) < 4.78 is 43.2. The molecule has 0 aliphatic carbocycles. The first-order valence-corrected chi connectivity index (χ1v) is 9.31. The van der Waals surface area contributed by atoms with Crippen LogP contribution in [0.3, 0.4) is 0 Å². The lowest BCUT2D eigenvalue weighted by molar-refractivity contribution is -0.137. The van der Waals surface area contributed by atoms with Crippen LogP contribution in [0.15, 0.2) is 61.1 Å². The molecule has 0 saturated carbocycles. The van der Waals surface area contributed by atoms with Gasteiger partial charge in [-0.1, -0.05) is 30.3 Å². The van der Waals surface area contributed by atoms with Crippen molar-refractivity contribution in [1.29, 1.82) is 0 Å². The van der Waals surface area contributed by atoms with E-state index in [1.165, 1.54) is 40.4 Å². The molecule has 5 rings (SSSR count). The maximum atomic E-state index is 14.0. The predicted molar refractivity (Wildman–Crippen MR) is 103 cm³/mol. The summed E-state index contributed by atoms with van der Waals surface area (Å²) in [5.41, 5.74) is -1.08. The lowest BCUT2D eigenvalue weighted by Crippen LogP contribution is -2.41. The minimum atomic E-state index is -4.74. The Morgan fingerprint density at radius 2 is 1.68 bits per heavy atom. The molecule has 4 heterocycles. The summed E-state index contributed by atoms with van der Waals surface area (Å²) >= 11 is 0. The molecule has 0 fully saturated rings. The quantitative estimate of drug-likeness (QED) is 0.504. The van der Waals surface area contributed by atoms with Crippen molar-refractivity contribution in [3.8, 4) is 17.1 Å². The standard InChI is InChI=1S/C20H14F3N7O/c21-20(22,23)16-17(13-4-2-1-3-5-13)27-29-11-10-28(19(31)18(16)29)14-6-7-15(24-12-14)30-25-8-9-26-30/h1-9,12H,10-11H2. The Balaban J connectivity index is 1.56. The Morgan fingerprint density at radius 1 is 0.935 bits per heavy atom. The molecule has 11 heteroatoms. The van der Waals surface area contributed by atoms with E-state index in [9.17, 15) is 18.0 Å². The normalized spacial score (nSPS) is 14.0. The summed E-state index contributed by atoms with van der Waals surface area (Å²) in [5, 5.41) is 12.1. The number of aromatic nitrogens is 6. The fourth-order valence-corrected chi connectivity index (χ4v) is 3.57. The number of hydrogen-bond donors (Lipinski definition) is 0. The number of amides is 1. The molecule has 3 aromatic heterocycles. The van der Waals surface area contributed by atoms with E-state index in [-0.39, 0.29) is 18.8 Å². The molecule has 4 aromatic rings. The molecule has 8 nitrogen and oxygen atoms in total. The van der Waals surface area contributed by atoms with Crippen LogP contribution in [0.5, 0.6) is 0 Å². The van der Waals surface area contributed by atoms with Gasteiger partial charge in [0.1, 0.15) is 17.0 Å². The molecule has 1 aliphatic rings. The maximum Gasteiger partial charge on any atom is 0.420 e. The zero-order chi connectivity index (χ0) is 21.6. The van der Waals surface area contributed by atoms with Gasteiger partial charge in [0, 0.05) is 12.1 Å². The largest absolute Gasteiger partial charge is 0.420 e. The van der Waals surface area contributed by atoms with Crippen molar-refractivity contribution in [2.75, 3.05) is 11.4 Å². The Labute approximate surface area is 173 Å². The highest BCUT2D eigenvalue weighted by Gasteiger charge is 2.45. The minimum Gasteiger partial charge on any atom is -0.304 e. The number of benzene rings is 1. The van der Waals surface area contributed by atoms with Gasteiger partial charge in [0.05, 0.1) is 30.8 Å². The number of alkyl halides is 3. The van der Waals surface area contributed by atoms with Crippen LogP contribution in [-0.2, 0) is 12.7 Å². The monoisotopic (exact) mass is 425 g/mol. The third-order valence-corrected chi connectivity index (χ3v) is 4.93. The average molecular weight is 425 g/mol. The zero-order valence-corrected chi connectivity index (χ0v) is 15.9. The van der Waals surface area contributed by atoms with E-state index in [2.05, 4.69) is 20.3 Å². The Morgan fingerprint density at radius 3 is 2.32 bits per heavy atom. The molecule has 0 bridgehead atoms. The number of carbonyl (C=O) groups excluding carboxylic acids is 1. The zero-order valence-electron chi connectivity index (χ0n) is 15.9. The highest BCUT2D eigenvalue weighted by atomic mass is 19.4. The van der Waals surface area contributed by atoms with Crippen molar-refractivity contribution in [1.82, 2.24) is 29.8 Å². The number of rotatable bonds is 3. The Kier molecular flexibility index (Phi) is 4.31. The van der Waals surface area contributed by atoms with Crippen molar-refractivity contribution in [2.45, 2.75) is 12.7 Å². The first-order valence-electron chi connectivity index (χ1n) is 9.31. The van der Waals surface area contributed by atoms with E-state index in [1.807, 2.05) is 0 Å². The number of carbonyl (C=O) groups is 1. The number of fused-ring (bicyclic) bond motifs is 1. The molecule has 31 heavy (non-hydrogen) atoms. The second kappa shape index (κ2) is 7.04. The molecule has 0 radical (unpaired) electrons. The maximum absolute atomic E-state index is 14.0. The lowest BCUT2D eigenvalue weighted by Gasteiger charge is -2.28. The number of hydrogen-bond acceptors (Lipinski definition) is 5. The van der Waals surface area contributed by atoms with Gasteiger partial charge in [0.25, 0.3) is 5.91 Å². The highest BCUT2D eigenvalue weighted by molar-refractivity contribution is 6.07. The third-order valence-electron chi connectivity index (χ3n) is 4.93. The molecule has 1 amide bonds. The molecular formula is C20H14F3N7O. The van der Waals surface area contributed by atoms with Crippen molar-refractivity contribution >= 4 is 11.6 Å². The van der Waals surface area contributed by atoms with Gasteiger partial charge < -0.3 is 4.90 Å². The average Bonchev–Trinajstić information content (AvgIpc) is 3.43. The molecular weight excluding hydrogens is 411 g/mol. The van der Waals surface area contributed by atoms with Crippen LogP contribution in [0.1, 0.15) is 16.1 Å². The third kappa shape index (κ3) is 3.23. The van der Waals surface area contributed by atoms with Crippen LogP contribution in [0, 0.1) is 0 Å². The SMILES string of the molecule is O=C1c2c(C(F)(F)F)c(-c3ccccc3)nn2CCN1c1ccc(-n2nccn2)nc1. The summed E-state index contributed by atoms with van der Waals surface area (Å²) in [6.45, 7) is 0.291. The van der Waals surface area contributed by atoms with Gasteiger partial charge in [-0.15, -0.1) is 4.80 Å². The summed E-state index contributed by atoms with van der Waals surface area (Å²) in [6, 6.07) is 11.2. The van der Waals surface area contributed by atoms with Crippen LogP contribution in [0.25, 0.3) is 17.1 Å². The summed E-state index contributed by atoms with van der Waals surface area (Å²) in [5.74, 6) is -0.356. The van der Waals surface area contributed by atoms with Crippen molar-refractivity contribution in [3.63, 3.8) is 0 Å². The van der Waals surface area contributed by atoms with Gasteiger partial charge in [-0.3, -0.25) is 9.48 Å². The van der Waals surface area contributed by atoms with Crippen LogP contribution in [0.4, 0.5) is 18.9 Å². The van der Waals surface area contributed by atoms with Gasteiger partial charge in [0.15, 0.2) is 5.82 Å². The molecule has 0 saturated heterocycles. The van der Waals surface area contributed by atoms with Gasteiger partial charge >= 0.3 is 6.18 Å². The second-order valence-electron chi connectivity index (χ2n) is 6.81. The van der Waals surface area contributed by atoms with Crippen LogP contribution in [0.2, 0.25) is 0 Å². The first kappa shape index (κ1) is 19.0. The van der Waals surface area contributed by atoms with E-state index < -0.39 is 23.3 Å². The lowest BCUT2D eigenvalue weighted by atomic mass is 10.0. The van der Waals surface area contributed by atoms with Gasteiger partial charge in [-0.05, 0) is 12.1 Å². The molecule has 0 unspecified atom stereocenters. The van der Waals surface area contributed by atoms with Crippen molar-refractivity contribution in [3.05, 3.63) is 72.3 Å². The number of halogens is 3. The molecule has 0 N–H and O–H groups in total. The summed E-state index contributed by atoms with van der Waals surface area (Å²) in [7, 11) is 0. The molecule has 156 valence electrons. The van der Waals surface area contributed by atoms with E-state index in [0.29, 0.717) is 17.1 Å². The Bertz CT molecular complexity index is 1230. The summed E-state index contributed by atoms with van der Waals surface area (Å²) in [4.78, 5) is 19.9. The predicted octanol–water partition coefficient (Wildman–Crippen LogP) is 3.21. The van der Waals surface area contributed by atoms with E-state index in [4.69, 9.17) is 0 Å². The van der Waals surface area contributed by atoms with Crippen LogP contribution >= 0.6 is 0 Å². The highest BCUT2D eigenvalue weighted by Crippen LogP contribution is 2.40. The van der Waals surface area contributed by atoms with Crippen LogP contribution < -0.4 is 4.90 Å². The van der Waals surface area contributed by atoms with Gasteiger partial charge in [-0.2, -0.15) is 28.5 Å². The minimum absolute atomic E-state index is 0.124. The number of nitrogens with zero attached hydrogens (tertiary/aromatic N) is 7. The molecule has 0 spiro atoms. The van der Waals surface area contributed by atoms with Gasteiger partial charge in [0.2, 0.25) is 0 Å². The fraction of sp³-hybridized carbons (Fsp3) is 0.150. The van der Waals surface area contributed by atoms with Crippen LogP contribution in [-0.4, -0.2) is 42.2 Å². The van der Waals surface area contributed by atoms with E-state index in [0.717, 1.165) is 4.68 Å². The number of anilines is 1. The molecule has 0 atom stereocenters. The molecule has 1 aliphatic heterocycles. The van der Waals surface area contributed by atoms with E-state index in [1.54, 1.807) is 30.3 Å². The fourth-order valence-electron chi connectivity index (χ4n) is 3.57. The van der Waals surface area contributed by atoms with Crippen molar-refractivity contribution in [2.24, 2.45) is 0 Å². The first-order chi connectivity index (χ1) is 14.9. The van der Waals surface area contributed by atoms with Crippen molar-refractivity contribution < 1.29 is 18.0 Å². The second-order valence-corrected chi connectivity index (χ2v) is 6.81. The Hall–Kier alpha value is -4.02. The van der Waals surface area contributed by atoms with Gasteiger partial charge in [-0.25, -0.2) is 4.98 Å². The number of pyridine rings is 1. The summed E-state index contributed by atoms with van der Waals surface area (Å²) in [6.07, 6.45) is -0.346. The molecule has 1 aromatic carbocycles. The topological polar surface area (TPSA) is 81.7 Å². The smallest absolute Gasteiger partial charge is 0.304 e. The van der Waals surface area contributed by atoms with E-state index >= 15 is 0 Å².